The zero-order valence-electron chi connectivity index (χ0n) is 10.3. The molecule has 0 saturated carbocycles. The first-order valence-corrected chi connectivity index (χ1v) is 7.75. The van der Waals surface area contributed by atoms with Gasteiger partial charge in [-0.3, -0.25) is 0 Å². The van der Waals surface area contributed by atoms with E-state index in [-0.39, 0.29) is 0 Å². The molecule has 1 atom stereocenters. The minimum atomic E-state index is -2.78. The van der Waals surface area contributed by atoms with Crippen LogP contribution in [0.3, 0.4) is 0 Å². The summed E-state index contributed by atoms with van der Waals surface area (Å²) in [6.07, 6.45) is 4.76. The van der Waals surface area contributed by atoms with Gasteiger partial charge in [0.25, 0.3) is 0 Å². The first-order chi connectivity index (χ1) is 7.05. The van der Waals surface area contributed by atoms with Crippen molar-refractivity contribution in [3.63, 3.8) is 0 Å². The lowest BCUT2D eigenvalue weighted by Crippen LogP contribution is -2.25. The van der Waals surface area contributed by atoms with E-state index in [1.165, 1.54) is 0 Å². The van der Waals surface area contributed by atoms with Gasteiger partial charge in [-0.2, -0.15) is 0 Å². The maximum Gasteiger partial charge on any atom is 0.150 e. The summed E-state index contributed by atoms with van der Waals surface area (Å²) in [5.41, 5.74) is 0. The van der Waals surface area contributed by atoms with Gasteiger partial charge in [-0.15, -0.1) is 0 Å². The number of nitrogens with one attached hydrogen (secondary N) is 1. The number of hydrogen-bond acceptors (Lipinski definition) is 3. The minimum Gasteiger partial charge on any atom is -0.317 e. The average Bonchev–Trinajstić information content (AvgIpc) is 2.16. The number of rotatable bonds is 9. The lowest BCUT2D eigenvalue weighted by molar-refractivity contribution is 0.477. The monoisotopic (exact) mass is 235 g/mol. The summed E-state index contributed by atoms with van der Waals surface area (Å²) in [6.45, 7) is 4.06. The third-order valence-corrected chi connectivity index (χ3v) is 4.51. The highest BCUT2D eigenvalue weighted by Gasteiger charge is 2.11. The lowest BCUT2D eigenvalue weighted by atomic mass is 10.1. The molecular formula is C11H25NO2S. The highest BCUT2D eigenvalue weighted by atomic mass is 32.2. The van der Waals surface area contributed by atoms with Crippen molar-refractivity contribution in [2.45, 2.75) is 52.0 Å². The van der Waals surface area contributed by atoms with Gasteiger partial charge in [-0.25, -0.2) is 8.42 Å². The van der Waals surface area contributed by atoms with E-state index in [1.807, 2.05) is 14.0 Å². The fourth-order valence-corrected chi connectivity index (χ4v) is 3.18. The molecule has 0 saturated heterocycles. The molecule has 0 bridgehead atoms. The third-order valence-electron chi connectivity index (χ3n) is 2.57. The molecule has 0 amide bonds. The molecule has 3 nitrogen and oxygen atoms in total. The Morgan fingerprint density at radius 3 is 2.20 bits per heavy atom. The Morgan fingerprint density at radius 2 is 1.73 bits per heavy atom. The lowest BCUT2D eigenvalue weighted by Gasteiger charge is -2.14. The van der Waals surface area contributed by atoms with Gasteiger partial charge in [-0.1, -0.05) is 20.3 Å². The highest BCUT2D eigenvalue weighted by Crippen LogP contribution is 2.06. The molecule has 0 aromatic heterocycles. The van der Waals surface area contributed by atoms with Crippen molar-refractivity contribution in [3.05, 3.63) is 0 Å². The summed E-state index contributed by atoms with van der Waals surface area (Å²) in [5, 5.41) is 3.23. The maximum atomic E-state index is 11.4. The van der Waals surface area contributed by atoms with Crippen molar-refractivity contribution in [1.82, 2.24) is 5.32 Å². The molecule has 4 heteroatoms. The van der Waals surface area contributed by atoms with E-state index in [0.717, 1.165) is 32.1 Å². The Hall–Kier alpha value is -0.0900. The zero-order chi connectivity index (χ0) is 11.7. The van der Waals surface area contributed by atoms with Gasteiger partial charge >= 0.3 is 0 Å². The summed E-state index contributed by atoms with van der Waals surface area (Å²) in [6, 6.07) is 0.479. The van der Waals surface area contributed by atoms with Gasteiger partial charge in [0, 0.05) is 11.8 Å². The van der Waals surface area contributed by atoms with Crippen LogP contribution < -0.4 is 5.32 Å². The molecule has 0 spiro atoms. The molecule has 0 heterocycles. The topological polar surface area (TPSA) is 46.2 Å². The zero-order valence-corrected chi connectivity index (χ0v) is 11.1. The van der Waals surface area contributed by atoms with E-state index in [4.69, 9.17) is 0 Å². The van der Waals surface area contributed by atoms with Crippen molar-refractivity contribution in [2.75, 3.05) is 18.6 Å². The Labute approximate surface area is 94.6 Å². The van der Waals surface area contributed by atoms with Crippen LogP contribution in [0.2, 0.25) is 0 Å². The number of hydrogen-bond donors (Lipinski definition) is 1. The molecule has 92 valence electrons. The first-order valence-electron chi connectivity index (χ1n) is 5.93. The second-order valence-electron chi connectivity index (χ2n) is 4.07. The van der Waals surface area contributed by atoms with Gasteiger partial charge < -0.3 is 5.32 Å². The Morgan fingerprint density at radius 1 is 1.07 bits per heavy atom. The Bertz CT molecular complexity index is 237. The van der Waals surface area contributed by atoms with E-state index >= 15 is 0 Å². The van der Waals surface area contributed by atoms with Crippen LogP contribution in [0.15, 0.2) is 0 Å². The quantitative estimate of drug-likeness (QED) is 0.664. The fraction of sp³-hybridized carbons (Fsp3) is 1.00. The summed E-state index contributed by atoms with van der Waals surface area (Å²) < 4.78 is 22.9. The van der Waals surface area contributed by atoms with E-state index in [0.29, 0.717) is 17.5 Å². The molecule has 0 aromatic rings. The summed E-state index contributed by atoms with van der Waals surface area (Å²) in [4.78, 5) is 0. The van der Waals surface area contributed by atoms with E-state index < -0.39 is 9.84 Å². The second-order valence-corrected chi connectivity index (χ2v) is 6.37. The van der Waals surface area contributed by atoms with Crippen LogP contribution in [0.1, 0.15) is 46.0 Å². The van der Waals surface area contributed by atoms with Gasteiger partial charge in [-0.05, 0) is 32.7 Å². The molecule has 0 aliphatic rings. The first kappa shape index (κ1) is 14.9. The number of sulfone groups is 1. The molecule has 0 radical (unpaired) electrons. The van der Waals surface area contributed by atoms with Crippen LogP contribution in [0.5, 0.6) is 0 Å². The molecule has 0 aromatic carbocycles. The summed E-state index contributed by atoms with van der Waals surface area (Å²) in [7, 11) is -0.833. The maximum absolute atomic E-state index is 11.4. The molecule has 15 heavy (non-hydrogen) atoms. The van der Waals surface area contributed by atoms with Crippen LogP contribution in [0.4, 0.5) is 0 Å². The van der Waals surface area contributed by atoms with E-state index in [2.05, 4.69) is 12.2 Å². The van der Waals surface area contributed by atoms with Crippen molar-refractivity contribution < 1.29 is 8.42 Å². The van der Waals surface area contributed by atoms with E-state index in [9.17, 15) is 8.42 Å². The van der Waals surface area contributed by atoms with Crippen LogP contribution in [0.25, 0.3) is 0 Å². The smallest absolute Gasteiger partial charge is 0.150 e. The predicted molar refractivity (Wildman–Crippen MR) is 65.9 cm³/mol. The van der Waals surface area contributed by atoms with Crippen molar-refractivity contribution in [3.8, 4) is 0 Å². The van der Waals surface area contributed by atoms with Crippen LogP contribution in [0, 0.1) is 0 Å². The fourth-order valence-electron chi connectivity index (χ4n) is 1.74. The van der Waals surface area contributed by atoms with Crippen LogP contribution in [-0.4, -0.2) is 33.0 Å². The Kier molecular flexibility index (Phi) is 8.06. The van der Waals surface area contributed by atoms with Crippen LogP contribution >= 0.6 is 0 Å². The molecule has 1 N–H and O–H groups in total. The standard InChI is InChI=1S/C11H25NO2S/c1-4-7-11(12-3)8-6-10-15(13,14)9-5-2/h11-12H,4-10H2,1-3H3. The molecule has 0 aliphatic heterocycles. The molecule has 1 unspecified atom stereocenters. The van der Waals surface area contributed by atoms with Crippen molar-refractivity contribution in [1.29, 1.82) is 0 Å². The van der Waals surface area contributed by atoms with Crippen molar-refractivity contribution in [2.24, 2.45) is 0 Å². The van der Waals surface area contributed by atoms with Gasteiger partial charge in [0.2, 0.25) is 0 Å². The Balaban J connectivity index is 3.76. The SMILES string of the molecule is CCCC(CCCS(=O)(=O)CCC)NC. The normalized spacial score (nSPS) is 14.1. The minimum absolute atomic E-state index is 0.338. The van der Waals surface area contributed by atoms with Gasteiger partial charge in [0.1, 0.15) is 9.84 Å². The highest BCUT2D eigenvalue weighted by molar-refractivity contribution is 7.91. The molecule has 0 rings (SSSR count). The third kappa shape index (κ3) is 7.79. The summed E-state index contributed by atoms with van der Waals surface area (Å²) in [5.74, 6) is 0.688. The van der Waals surface area contributed by atoms with E-state index in [1.54, 1.807) is 0 Å². The van der Waals surface area contributed by atoms with Crippen molar-refractivity contribution >= 4 is 9.84 Å². The van der Waals surface area contributed by atoms with Crippen LogP contribution in [-0.2, 0) is 9.84 Å². The van der Waals surface area contributed by atoms with Gasteiger partial charge in [0.15, 0.2) is 0 Å². The molecule has 0 fully saturated rings. The second kappa shape index (κ2) is 8.11. The largest absolute Gasteiger partial charge is 0.317 e. The average molecular weight is 235 g/mol. The molecule has 0 aliphatic carbocycles. The predicted octanol–water partition coefficient (Wildman–Crippen LogP) is 1.98. The summed E-state index contributed by atoms with van der Waals surface area (Å²) >= 11 is 0. The molecular weight excluding hydrogens is 210 g/mol. The van der Waals surface area contributed by atoms with Gasteiger partial charge in [0.05, 0.1) is 5.75 Å².